The van der Waals surface area contributed by atoms with E-state index >= 15 is 0 Å². The summed E-state index contributed by atoms with van der Waals surface area (Å²) < 4.78 is 0.261. The van der Waals surface area contributed by atoms with Crippen molar-refractivity contribution in [3.63, 3.8) is 0 Å². The molecule has 5 nitrogen and oxygen atoms in total. The van der Waals surface area contributed by atoms with E-state index in [1.165, 1.54) is 0 Å². The van der Waals surface area contributed by atoms with Crippen molar-refractivity contribution < 1.29 is 4.79 Å². The molecular weight excluding hydrogens is 332 g/mol. The molecule has 1 N–H and O–H groups in total. The maximum Gasteiger partial charge on any atom is 0.253 e. The lowest BCUT2D eigenvalue weighted by atomic mass is 10.1. The maximum absolute atomic E-state index is 12.1. The highest BCUT2D eigenvalue weighted by molar-refractivity contribution is 8.00. The summed E-state index contributed by atoms with van der Waals surface area (Å²) >= 11 is 2.02. The number of carbonyl (C=O) groups is 1. The lowest BCUT2D eigenvalue weighted by Crippen LogP contribution is -2.51. The Hall–Kier alpha value is -1.69. The molecule has 0 radical (unpaired) electrons. The number of hydrogen-bond donors (Lipinski definition) is 1. The van der Waals surface area contributed by atoms with Crippen molar-refractivity contribution in [2.24, 2.45) is 4.99 Å². The fraction of sp³-hybridized carbons (Fsp3) is 0.579. The summed E-state index contributed by atoms with van der Waals surface area (Å²) in [4.78, 5) is 20.5. The van der Waals surface area contributed by atoms with Crippen LogP contribution in [0.3, 0.4) is 0 Å². The standard InChI is InChI=1S/C19H30N4OS/c1-19(2)14-23(11-12-25-19)18(20-3)21-10-9-15-7-6-8-16(13-15)17(24)22(4)5/h6-8,13H,9-12,14H2,1-5H3,(H,20,21). The van der Waals surface area contributed by atoms with E-state index in [4.69, 9.17) is 0 Å². The predicted molar refractivity (Wildman–Crippen MR) is 108 cm³/mol. The third-order valence-corrected chi connectivity index (χ3v) is 5.51. The highest BCUT2D eigenvalue weighted by Gasteiger charge is 2.28. The summed E-state index contributed by atoms with van der Waals surface area (Å²) in [5.41, 5.74) is 1.90. The first-order valence-corrected chi connectivity index (χ1v) is 9.71. The quantitative estimate of drug-likeness (QED) is 0.660. The molecule has 1 heterocycles. The molecule has 0 saturated carbocycles. The van der Waals surface area contributed by atoms with Crippen molar-refractivity contribution in [1.82, 2.24) is 15.1 Å². The Bertz CT molecular complexity index is 628. The van der Waals surface area contributed by atoms with Gasteiger partial charge in [-0.05, 0) is 38.0 Å². The van der Waals surface area contributed by atoms with E-state index in [1.807, 2.05) is 37.0 Å². The van der Waals surface area contributed by atoms with Gasteiger partial charge in [-0.25, -0.2) is 0 Å². The second-order valence-electron chi connectivity index (χ2n) is 7.15. The molecule has 6 heteroatoms. The first-order valence-electron chi connectivity index (χ1n) is 8.72. The molecule has 1 amide bonds. The number of amides is 1. The smallest absolute Gasteiger partial charge is 0.253 e. The van der Waals surface area contributed by atoms with Crippen LogP contribution in [0.5, 0.6) is 0 Å². The number of carbonyl (C=O) groups excluding carboxylic acids is 1. The maximum atomic E-state index is 12.1. The molecule has 0 aromatic heterocycles. The van der Waals surface area contributed by atoms with Crippen LogP contribution >= 0.6 is 11.8 Å². The minimum absolute atomic E-state index is 0.0404. The average Bonchev–Trinajstić information content (AvgIpc) is 2.57. The molecule has 1 fully saturated rings. The summed E-state index contributed by atoms with van der Waals surface area (Å²) in [6, 6.07) is 7.86. The first kappa shape index (κ1) is 19.6. The molecule has 1 aromatic rings. The highest BCUT2D eigenvalue weighted by Crippen LogP contribution is 2.29. The van der Waals surface area contributed by atoms with Crippen LogP contribution in [0.1, 0.15) is 29.8 Å². The normalized spacial score (nSPS) is 17.3. The van der Waals surface area contributed by atoms with Crippen LogP contribution < -0.4 is 5.32 Å². The zero-order valence-corrected chi connectivity index (χ0v) is 16.8. The van der Waals surface area contributed by atoms with Crippen LogP contribution in [-0.2, 0) is 6.42 Å². The number of benzene rings is 1. The summed E-state index contributed by atoms with van der Waals surface area (Å²) in [5.74, 6) is 2.13. The van der Waals surface area contributed by atoms with Crippen molar-refractivity contribution in [2.75, 3.05) is 46.5 Å². The van der Waals surface area contributed by atoms with Crippen LogP contribution in [0, 0.1) is 0 Å². The second kappa shape index (κ2) is 8.61. The number of rotatable bonds is 4. The van der Waals surface area contributed by atoms with Gasteiger partial charge in [-0.3, -0.25) is 9.79 Å². The third kappa shape index (κ3) is 5.66. The zero-order valence-electron chi connectivity index (χ0n) is 16.0. The van der Waals surface area contributed by atoms with E-state index in [0.717, 1.165) is 48.9 Å². The van der Waals surface area contributed by atoms with E-state index in [9.17, 15) is 4.79 Å². The van der Waals surface area contributed by atoms with Gasteiger partial charge in [0.25, 0.3) is 5.91 Å². The lowest BCUT2D eigenvalue weighted by molar-refractivity contribution is 0.0827. The number of aliphatic imine (C=N–C) groups is 1. The Morgan fingerprint density at radius 2 is 2.16 bits per heavy atom. The summed E-state index contributed by atoms with van der Waals surface area (Å²) in [6.45, 7) is 7.40. The van der Waals surface area contributed by atoms with Crippen LogP contribution in [0.15, 0.2) is 29.3 Å². The van der Waals surface area contributed by atoms with E-state index in [-0.39, 0.29) is 10.7 Å². The average molecular weight is 363 g/mol. The number of thioether (sulfide) groups is 1. The van der Waals surface area contributed by atoms with E-state index in [1.54, 1.807) is 19.0 Å². The molecule has 0 unspecified atom stereocenters. The van der Waals surface area contributed by atoms with Gasteiger partial charge in [0.05, 0.1) is 0 Å². The van der Waals surface area contributed by atoms with Crippen LogP contribution in [-0.4, -0.2) is 72.9 Å². The Labute approximate surface area is 155 Å². The largest absolute Gasteiger partial charge is 0.356 e. The SMILES string of the molecule is CN=C(NCCc1cccc(C(=O)N(C)C)c1)N1CCSC(C)(C)C1. The van der Waals surface area contributed by atoms with Crippen LogP contribution in [0.2, 0.25) is 0 Å². The molecular formula is C19H30N4OS. The van der Waals surface area contributed by atoms with Crippen molar-refractivity contribution in [3.8, 4) is 0 Å². The van der Waals surface area contributed by atoms with Gasteiger partial charge < -0.3 is 15.1 Å². The molecule has 2 rings (SSSR count). The van der Waals surface area contributed by atoms with Gasteiger partial charge in [-0.15, -0.1) is 0 Å². The minimum Gasteiger partial charge on any atom is -0.356 e. The Morgan fingerprint density at radius 1 is 1.40 bits per heavy atom. The molecule has 25 heavy (non-hydrogen) atoms. The van der Waals surface area contributed by atoms with Gasteiger partial charge >= 0.3 is 0 Å². The van der Waals surface area contributed by atoms with E-state index in [2.05, 4.69) is 35.1 Å². The van der Waals surface area contributed by atoms with Crippen molar-refractivity contribution in [3.05, 3.63) is 35.4 Å². The molecule has 1 saturated heterocycles. The van der Waals surface area contributed by atoms with Crippen LogP contribution in [0.25, 0.3) is 0 Å². The topological polar surface area (TPSA) is 47.9 Å². The third-order valence-electron chi connectivity index (χ3n) is 4.21. The number of nitrogens with one attached hydrogen (secondary N) is 1. The van der Waals surface area contributed by atoms with Crippen molar-refractivity contribution >= 4 is 23.6 Å². The zero-order chi connectivity index (χ0) is 18.4. The molecule has 1 aromatic carbocycles. The Kier molecular flexibility index (Phi) is 6.76. The summed E-state index contributed by atoms with van der Waals surface area (Å²) in [7, 11) is 5.39. The number of hydrogen-bond acceptors (Lipinski definition) is 3. The fourth-order valence-electron chi connectivity index (χ4n) is 2.97. The number of guanidine groups is 1. The van der Waals surface area contributed by atoms with Crippen molar-refractivity contribution in [1.29, 1.82) is 0 Å². The molecule has 0 bridgehead atoms. The lowest BCUT2D eigenvalue weighted by Gasteiger charge is -2.39. The van der Waals surface area contributed by atoms with Gasteiger partial charge in [-0.1, -0.05) is 12.1 Å². The van der Waals surface area contributed by atoms with Gasteiger partial charge in [0.1, 0.15) is 0 Å². The first-order chi connectivity index (χ1) is 11.8. The molecule has 0 aliphatic carbocycles. The molecule has 138 valence electrons. The Balaban J connectivity index is 1.91. The number of nitrogens with zero attached hydrogens (tertiary/aromatic N) is 3. The van der Waals surface area contributed by atoms with Crippen molar-refractivity contribution in [2.45, 2.75) is 25.0 Å². The Morgan fingerprint density at radius 3 is 2.80 bits per heavy atom. The molecule has 1 aliphatic rings. The van der Waals surface area contributed by atoms with Crippen LogP contribution in [0.4, 0.5) is 0 Å². The minimum atomic E-state index is 0.0404. The molecule has 0 spiro atoms. The second-order valence-corrected chi connectivity index (χ2v) is 8.96. The monoisotopic (exact) mass is 362 g/mol. The fourth-order valence-corrected chi connectivity index (χ4v) is 4.08. The van der Waals surface area contributed by atoms with Gasteiger partial charge in [0.15, 0.2) is 5.96 Å². The molecule has 0 atom stereocenters. The highest BCUT2D eigenvalue weighted by atomic mass is 32.2. The molecule has 1 aliphatic heterocycles. The van der Waals surface area contributed by atoms with Gasteiger partial charge in [0, 0.05) is 56.8 Å². The predicted octanol–water partition coefficient (Wildman–Crippen LogP) is 2.33. The van der Waals surface area contributed by atoms with Gasteiger partial charge in [0.2, 0.25) is 0 Å². The van der Waals surface area contributed by atoms with E-state index in [0.29, 0.717) is 0 Å². The van der Waals surface area contributed by atoms with E-state index < -0.39 is 0 Å². The summed E-state index contributed by atoms with van der Waals surface area (Å²) in [6.07, 6.45) is 0.861. The summed E-state index contributed by atoms with van der Waals surface area (Å²) in [5, 5.41) is 3.47. The van der Waals surface area contributed by atoms with Gasteiger partial charge in [-0.2, -0.15) is 11.8 Å².